The molecule has 1 unspecified atom stereocenters. The highest BCUT2D eigenvalue weighted by atomic mass is 16.4. The zero-order chi connectivity index (χ0) is 15.2. The molecule has 3 N–H and O–H groups in total. The molecule has 1 amide bonds. The van der Waals surface area contributed by atoms with E-state index in [0.29, 0.717) is 19.5 Å². The van der Waals surface area contributed by atoms with E-state index in [-0.39, 0.29) is 11.7 Å². The molecule has 1 atom stereocenters. The van der Waals surface area contributed by atoms with E-state index >= 15 is 0 Å². The summed E-state index contributed by atoms with van der Waals surface area (Å²) in [6.45, 7) is 3.31. The monoisotopic (exact) mass is 289 g/mol. The summed E-state index contributed by atoms with van der Waals surface area (Å²) in [7, 11) is 0. The van der Waals surface area contributed by atoms with Crippen LogP contribution in [0.25, 0.3) is 0 Å². The van der Waals surface area contributed by atoms with Gasteiger partial charge in [-0.3, -0.25) is 4.79 Å². The molecule has 0 radical (unpaired) electrons. The van der Waals surface area contributed by atoms with Gasteiger partial charge in [0.25, 0.3) is 0 Å². The SMILES string of the molecule is CCCC(C(=O)N1CCCc2ccccc2C1)C(N)=NO. The Kier molecular flexibility index (Phi) is 5.20. The van der Waals surface area contributed by atoms with Crippen molar-refractivity contribution < 1.29 is 10.0 Å². The summed E-state index contributed by atoms with van der Waals surface area (Å²) in [5.41, 5.74) is 8.20. The highest BCUT2D eigenvalue weighted by Crippen LogP contribution is 2.21. The average Bonchev–Trinajstić information content (AvgIpc) is 2.73. The quantitative estimate of drug-likeness (QED) is 0.386. The lowest BCUT2D eigenvalue weighted by Gasteiger charge is -2.25. The standard InChI is InChI=1S/C16H23N3O2/c1-2-6-14(15(17)18-21)16(20)19-10-5-9-12-7-3-4-8-13(12)11-19/h3-4,7-8,14,21H,2,5-6,9-11H2,1H3,(H2,17,18). The van der Waals surface area contributed by atoms with Crippen LogP contribution < -0.4 is 5.73 Å². The molecular formula is C16H23N3O2. The number of rotatable bonds is 4. The van der Waals surface area contributed by atoms with Gasteiger partial charge in [0.15, 0.2) is 5.84 Å². The number of benzene rings is 1. The molecule has 0 saturated carbocycles. The number of hydrogen-bond donors (Lipinski definition) is 2. The maximum atomic E-state index is 12.7. The van der Waals surface area contributed by atoms with E-state index in [2.05, 4.69) is 17.3 Å². The highest BCUT2D eigenvalue weighted by molar-refractivity contribution is 6.02. The molecule has 0 fully saturated rings. The van der Waals surface area contributed by atoms with Gasteiger partial charge in [-0.05, 0) is 30.4 Å². The second kappa shape index (κ2) is 7.11. The van der Waals surface area contributed by atoms with Crippen LogP contribution in [0.15, 0.2) is 29.4 Å². The van der Waals surface area contributed by atoms with E-state index in [1.165, 1.54) is 11.1 Å². The lowest BCUT2D eigenvalue weighted by Crippen LogP contribution is -2.41. The molecule has 1 heterocycles. The Balaban J connectivity index is 2.18. The molecule has 1 aromatic carbocycles. The summed E-state index contributed by atoms with van der Waals surface area (Å²) < 4.78 is 0. The van der Waals surface area contributed by atoms with Crippen LogP contribution in [0.5, 0.6) is 0 Å². The Labute approximate surface area is 125 Å². The van der Waals surface area contributed by atoms with Crippen LogP contribution in [0.1, 0.15) is 37.3 Å². The normalized spacial score (nSPS) is 17.0. The smallest absolute Gasteiger partial charge is 0.233 e. The minimum absolute atomic E-state index is 0.0133. The zero-order valence-corrected chi connectivity index (χ0v) is 12.5. The van der Waals surface area contributed by atoms with Gasteiger partial charge in [-0.15, -0.1) is 0 Å². The third-order valence-electron chi connectivity index (χ3n) is 4.01. The van der Waals surface area contributed by atoms with E-state index in [1.807, 2.05) is 24.0 Å². The fraction of sp³-hybridized carbons (Fsp3) is 0.500. The topological polar surface area (TPSA) is 78.9 Å². The van der Waals surface area contributed by atoms with Gasteiger partial charge in [0.1, 0.15) is 0 Å². The average molecular weight is 289 g/mol. The predicted molar refractivity (Wildman–Crippen MR) is 82.0 cm³/mol. The van der Waals surface area contributed by atoms with E-state index in [4.69, 9.17) is 10.9 Å². The minimum Gasteiger partial charge on any atom is -0.409 e. The first kappa shape index (κ1) is 15.4. The molecule has 0 aromatic heterocycles. The van der Waals surface area contributed by atoms with Crippen LogP contribution in [0.3, 0.4) is 0 Å². The molecule has 21 heavy (non-hydrogen) atoms. The summed E-state index contributed by atoms with van der Waals surface area (Å²) >= 11 is 0. The first-order valence-electron chi connectivity index (χ1n) is 7.50. The maximum absolute atomic E-state index is 12.7. The number of amidine groups is 1. The van der Waals surface area contributed by atoms with Gasteiger partial charge in [-0.25, -0.2) is 0 Å². The van der Waals surface area contributed by atoms with E-state index in [1.54, 1.807) is 0 Å². The fourth-order valence-electron chi connectivity index (χ4n) is 2.87. The molecule has 1 aromatic rings. The van der Waals surface area contributed by atoms with Crippen LogP contribution in [0, 0.1) is 5.92 Å². The van der Waals surface area contributed by atoms with Crippen LogP contribution in [0.4, 0.5) is 0 Å². The molecule has 1 aliphatic heterocycles. The van der Waals surface area contributed by atoms with Gasteiger partial charge < -0.3 is 15.8 Å². The van der Waals surface area contributed by atoms with Crippen molar-refractivity contribution in [2.24, 2.45) is 16.8 Å². The molecule has 0 saturated heterocycles. The lowest BCUT2D eigenvalue weighted by atomic mass is 10.0. The van der Waals surface area contributed by atoms with Crippen molar-refractivity contribution in [2.45, 2.75) is 39.2 Å². The molecular weight excluding hydrogens is 266 g/mol. The lowest BCUT2D eigenvalue weighted by molar-refractivity contribution is -0.134. The summed E-state index contributed by atoms with van der Waals surface area (Å²) in [4.78, 5) is 14.5. The van der Waals surface area contributed by atoms with Crippen molar-refractivity contribution in [1.82, 2.24) is 4.90 Å². The zero-order valence-electron chi connectivity index (χ0n) is 12.5. The van der Waals surface area contributed by atoms with Gasteiger partial charge in [-0.1, -0.05) is 42.8 Å². The van der Waals surface area contributed by atoms with E-state index in [9.17, 15) is 4.79 Å². The number of amides is 1. The predicted octanol–water partition coefficient (Wildman–Crippen LogP) is 2.12. The Bertz CT molecular complexity index is 528. The first-order chi connectivity index (χ1) is 10.2. The molecule has 0 bridgehead atoms. The summed E-state index contributed by atoms with van der Waals surface area (Å²) in [5.74, 6) is -0.548. The van der Waals surface area contributed by atoms with Crippen molar-refractivity contribution in [3.05, 3.63) is 35.4 Å². The van der Waals surface area contributed by atoms with E-state index in [0.717, 1.165) is 19.3 Å². The Morgan fingerprint density at radius 3 is 2.81 bits per heavy atom. The number of nitrogens with zero attached hydrogens (tertiary/aromatic N) is 2. The number of hydrogen-bond acceptors (Lipinski definition) is 3. The van der Waals surface area contributed by atoms with Crippen molar-refractivity contribution >= 4 is 11.7 Å². The van der Waals surface area contributed by atoms with Crippen LogP contribution in [-0.4, -0.2) is 28.4 Å². The number of aryl methyl sites for hydroxylation is 1. The Hall–Kier alpha value is -2.04. The second-order valence-corrected chi connectivity index (χ2v) is 5.50. The number of carbonyl (C=O) groups excluding carboxylic acids is 1. The molecule has 2 rings (SSSR count). The molecule has 0 spiro atoms. The molecule has 1 aliphatic rings. The van der Waals surface area contributed by atoms with Crippen molar-refractivity contribution in [1.29, 1.82) is 0 Å². The van der Waals surface area contributed by atoms with Crippen LogP contribution in [0.2, 0.25) is 0 Å². The summed E-state index contributed by atoms with van der Waals surface area (Å²) in [6.07, 6.45) is 3.35. The minimum atomic E-state index is -0.523. The third-order valence-corrected chi connectivity index (χ3v) is 4.01. The van der Waals surface area contributed by atoms with Gasteiger partial charge in [0, 0.05) is 13.1 Å². The Morgan fingerprint density at radius 1 is 1.43 bits per heavy atom. The maximum Gasteiger partial charge on any atom is 0.233 e. The van der Waals surface area contributed by atoms with Crippen molar-refractivity contribution in [3.63, 3.8) is 0 Å². The van der Waals surface area contributed by atoms with Gasteiger partial charge in [0.2, 0.25) is 5.91 Å². The second-order valence-electron chi connectivity index (χ2n) is 5.50. The van der Waals surface area contributed by atoms with Gasteiger partial charge >= 0.3 is 0 Å². The number of nitrogens with two attached hydrogens (primary N) is 1. The van der Waals surface area contributed by atoms with Gasteiger partial charge in [0.05, 0.1) is 5.92 Å². The number of oxime groups is 1. The van der Waals surface area contributed by atoms with Crippen LogP contribution in [-0.2, 0) is 17.8 Å². The van der Waals surface area contributed by atoms with E-state index < -0.39 is 5.92 Å². The molecule has 5 nitrogen and oxygen atoms in total. The summed E-state index contributed by atoms with van der Waals surface area (Å²) in [5, 5.41) is 11.9. The van der Waals surface area contributed by atoms with Crippen molar-refractivity contribution in [2.75, 3.05) is 6.54 Å². The summed E-state index contributed by atoms with van der Waals surface area (Å²) in [6, 6.07) is 8.22. The first-order valence-corrected chi connectivity index (χ1v) is 7.50. The highest BCUT2D eigenvalue weighted by Gasteiger charge is 2.28. The number of fused-ring (bicyclic) bond motifs is 1. The number of carbonyl (C=O) groups is 1. The fourth-order valence-corrected chi connectivity index (χ4v) is 2.87. The molecule has 0 aliphatic carbocycles. The largest absolute Gasteiger partial charge is 0.409 e. The van der Waals surface area contributed by atoms with Crippen molar-refractivity contribution in [3.8, 4) is 0 Å². The molecule has 114 valence electrons. The van der Waals surface area contributed by atoms with Gasteiger partial charge in [-0.2, -0.15) is 0 Å². The third kappa shape index (κ3) is 3.54. The molecule has 5 heteroatoms. The Morgan fingerprint density at radius 2 is 2.14 bits per heavy atom. The van der Waals surface area contributed by atoms with Crippen LogP contribution >= 0.6 is 0 Å².